The van der Waals surface area contributed by atoms with Crippen molar-refractivity contribution >= 4 is 5.69 Å². The number of nitrogens with zero attached hydrogens (tertiary/aromatic N) is 1. The fourth-order valence-electron chi connectivity index (χ4n) is 0.916. The Labute approximate surface area is 71.2 Å². The summed E-state index contributed by atoms with van der Waals surface area (Å²) in [5.41, 5.74) is 1.06. The third-order valence-electron chi connectivity index (χ3n) is 1.67. The van der Waals surface area contributed by atoms with E-state index in [2.05, 4.69) is 6.07 Å². The van der Waals surface area contributed by atoms with Crippen LogP contribution >= 0.6 is 0 Å². The van der Waals surface area contributed by atoms with Crippen molar-refractivity contribution in [1.29, 1.82) is 0 Å². The molecular formula is C9H10NO2. The van der Waals surface area contributed by atoms with E-state index in [1.165, 1.54) is 6.07 Å². The van der Waals surface area contributed by atoms with E-state index in [1.54, 1.807) is 12.1 Å². The van der Waals surface area contributed by atoms with Crippen LogP contribution in [0.2, 0.25) is 0 Å². The van der Waals surface area contributed by atoms with E-state index in [0.717, 1.165) is 5.56 Å². The summed E-state index contributed by atoms with van der Waals surface area (Å²) in [6.07, 6.45) is 0. The number of nitro benzene ring substituents is 1. The Morgan fingerprint density at radius 2 is 2.17 bits per heavy atom. The minimum atomic E-state index is -0.400. The molecule has 0 atom stereocenters. The van der Waals surface area contributed by atoms with Crippen molar-refractivity contribution in [2.75, 3.05) is 0 Å². The van der Waals surface area contributed by atoms with E-state index in [-0.39, 0.29) is 5.69 Å². The Hall–Kier alpha value is -1.38. The van der Waals surface area contributed by atoms with Crippen molar-refractivity contribution in [3.63, 3.8) is 0 Å². The lowest BCUT2D eigenvalue weighted by molar-refractivity contribution is -0.385. The molecule has 0 N–H and O–H groups in total. The molecule has 0 aromatic heterocycles. The van der Waals surface area contributed by atoms with Gasteiger partial charge in [0.05, 0.1) is 4.92 Å². The monoisotopic (exact) mass is 164 g/mol. The fourth-order valence-corrected chi connectivity index (χ4v) is 0.916. The molecule has 0 amide bonds. The molecule has 0 saturated heterocycles. The summed E-state index contributed by atoms with van der Waals surface area (Å²) in [6.45, 7) is 3.99. The highest BCUT2D eigenvalue weighted by Gasteiger charge is 2.07. The first kappa shape index (κ1) is 8.71. The maximum atomic E-state index is 10.4. The average molecular weight is 164 g/mol. The van der Waals surface area contributed by atoms with E-state index < -0.39 is 4.92 Å². The molecule has 0 aliphatic rings. The molecular weight excluding hydrogens is 154 g/mol. The standard InChI is InChI=1S/C9H10NO2/c1-7(2)8-4-3-5-9(6-8)10(11)12/h4-7H,1-2H3. The van der Waals surface area contributed by atoms with Crippen LogP contribution in [0.3, 0.4) is 0 Å². The minimum absolute atomic E-state index is 0.112. The van der Waals surface area contributed by atoms with Gasteiger partial charge in [-0.2, -0.15) is 0 Å². The number of hydrogen-bond acceptors (Lipinski definition) is 2. The van der Waals surface area contributed by atoms with Gasteiger partial charge in [-0.05, 0) is 17.5 Å². The summed E-state index contributed by atoms with van der Waals surface area (Å²) in [5, 5.41) is 10.4. The third kappa shape index (κ3) is 1.81. The first-order valence-corrected chi connectivity index (χ1v) is 3.76. The highest BCUT2D eigenvalue weighted by molar-refractivity contribution is 5.34. The van der Waals surface area contributed by atoms with Crippen molar-refractivity contribution in [2.24, 2.45) is 0 Å². The average Bonchev–Trinajstić information content (AvgIpc) is 2.04. The fraction of sp³-hybridized carbons (Fsp3) is 0.333. The molecule has 3 heteroatoms. The second kappa shape index (κ2) is 3.34. The summed E-state index contributed by atoms with van der Waals surface area (Å²) >= 11 is 0. The molecule has 0 aliphatic heterocycles. The van der Waals surface area contributed by atoms with Gasteiger partial charge in [-0.15, -0.1) is 0 Å². The Balaban J connectivity index is 3.04. The smallest absolute Gasteiger partial charge is 0.258 e. The van der Waals surface area contributed by atoms with E-state index in [1.807, 2.05) is 13.8 Å². The first-order valence-electron chi connectivity index (χ1n) is 3.76. The van der Waals surface area contributed by atoms with Crippen LogP contribution in [0.1, 0.15) is 25.3 Å². The molecule has 1 aromatic carbocycles. The molecule has 0 unspecified atom stereocenters. The molecule has 0 aliphatic carbocycles. The van der Waals surface area contributed by atoms with Crippen LogP contribution in [0.4, 0.5) is 5.69 Å². The number of rotatable bonds is 2. The summed E-state index contributed by atoms with van der Waals surface area (Å²) in [7, 11) is 0. The molecule has 1 radical (unpaired) electrons. The Bertz CT molecular complexity index is 294. The maximum absolute atomic E-state index is 10.4. The Morgan fingerprint density at radius 3 is 2.67 bits per heavy atom. The topological polar surface area (TPSA) is 43.1 Å². The zero-order chi connectivity index (χ0) is 9.14. The summed E-state index contributed by atoms with van der Waals surface area (Å²) in [6, 6.07) is 7.49. The van der Waals surface area contributed by atoms with Gasteiger partial charge in [0.15, 0.2) is 0 Å². The Kier molecular flexibility index (Phi) is 2.43. The van der Waals surface area contributed by atoms with Crippen LogP contribution in [0.25, 0.3) is 0 Å². The van der Waals surface area contributed by atoms with Gasteiger partial charge < -0.3 is 0 Å². The van der Waals surface area contributed by atoms with Crippen molar-refractivity contribution in [2.45, 2.75) is 19.8 Å². The summed E-state index contributed by atoms with van der Waals surface area (Å²) in [4.78, 5) is 9.96. The van der Waals surface area contributed by atoms with Crippen molar-refractivity contribution < 1.29 is 4.92 Å². The van der Waals surface area contributed by atoms with Gasteiger partial charge in [-0.3, -0.25) is 10.1 Å². The van der Waals surface area contributed by atoms with Gasteiger partial charge in [-0.1, -0.05) is 19.9 Å². The molecule has 0 bridgehead atoms. The molecule has 63 valence electrons. The molecule has 1 aromatic rings. The zero-order valence-corrected chi connectivity index (χ0v) is 7.07. The van der Waals surface area contributed by atoms with Crippen LogP contribution in [0, 0.1) is 16.2 Å². The molecule has 12 heavy (non-hydrogen) atoms. The number of non-ortho nitro benzene ring substituents is 1. The quantitative estimate of drug-likeness (QED) is 0.498. The van der Waals surface area contributed by atoms with Gasteiger partial charge in [0.2, 0.25) is 0 Å². The van der Waals surface area contributed by atoms with Gasteiger partial charge in [0.25, 0.3) is 5.69 Å². The number of hydrogen-bond donors (Lipinski definition) is 0. The molecule has 3 nitrogen and oxygen atoms in total. The molecule has 0 saturated carbocycles. The van der Waals surface area contributed by atoms with Crippen LogP contribution in [-0.2, 0) is 0 Å². The number of nitro groups is 1. The van der Waals surface area contributed by atoms with Crippen LogP contribution in [0.15, 0.2) is 18.2 Å². The van der Waals surface area contributed by atoms with E-state index in [4.69, 9.17) is 0 Å². The van der Waals surface area contributed by atoms with Gasteiger partial charge in [0.1, 0.15) is 0 Å². The van der Waals surface area contributed by atoms with Gasteiger partial charge >= 0.3 is 0 Å². The molecule has 0 spiro atoms. The second-order valence-electron chi connectivity index (χ2n) is 2.94. The maximum Gasteiger partial charge on any atom is 0.270 e. The predicted molar refractivity (Wildman–Crippen MR) is 46.0 cm³/mol. The highest BCUT2D eigenvalue weighted by atomic mass is 16.6. The molecule has 0 heterocycles. The lowest BCUT2D eigenvalue weighted by Crippen LogP contribution is -1.91. The van der Waals surface area contributed by atoms with Crippen LogP contribution in [-0.4, -0.2) is 4.92 Å². The lowest BCUT2D eigenvalue weighted by Gasteiger charge is -2.02. The zero-order valence-electron chi connectivity index (χ0n) is 7.07. The third-order valence-corrected chi connectivity index (χ3v) is 1.67. The summed E-state index contributed by atoms with van der Waals surface area (Å²) < 4.78 is 0. The van der Waals surface area contributed by atoms with Gasteiger partial charge in [-0.25, -0.2) is 0 Å². The van der Waals surface area contributed by atoms with Crippen LogP contribution in [0.5, 0.6) is 0 Å². The van der Waals surface area contributed by atoms with Crippen molar-refractivity contribution in [3.05, 3.63) is 39.9 Å². The van der Waals surface area contributed by atoms with E-state index in [0.29, 0.717) is 5.92 Å². The van der Waals surface area contributed by atoms with E-state index >= 15 is 0 Å². The van der Waals surface area contributed by atoms with Crippen LogP contribution < -0.4 is 0 Å². The highest BCUT2D eigenvalue weighted by Crippen LogP contribution is 2.19. The predicted octanol–water partition coefficient (Wildman–Crippen LogP) is 2.52. The SMILES string of the molecule is CC(C)c1c[c]cc([N+](=O)[O-])c1. The van der Waals surface area contributed by atoms with Crippen molar-refractivity contribution in [3.8, 4) is 0 Å². The molecule has 1 rings (SSSR count). The van der Waals surface area contributed by atoms with E-state index in [9.17, 15) is 10.1 Å². The van der Waals surface area contributed by atoms with Gasteiger partial charge in [0, 0.05) is 12.1 Å². The van der Waals surface area contributed by atoms with Crippen molar-refractivity contribution in [1.82, 2.24) is 0 Å². The normalized spacial score (nSPS) is 10.2. The first-order chi connectivity index (χ1) is 5.61. The largest absolute Gasteiger partial charge is 0.270 e. The second-order valence-corrected chi connectivity index (χ2v) is 2.94. The number of benzene rings is 1. The lowest BCUT2D eigenvalue weighted by atomic mass is 10.0. The minimum Gasteiger partial charge on any atom is -0.258 e. The molecule has 0 fully saturated rings. The Morgan fingerprint density at radius 1 is 1.50 bits per heavy atom. The summed E-state index contributed by atoms with van der Waals surface area (Å²) in [5.74, 6) is 0.307.